The van der Waals surface area contributed by atoms with Crippen molar-refractivity contribution in [2.45, 2.75) is 6.18 Å². The average Bonchev–Trinajstić information content (AvgIpc) is 2.04. The number of nitrogens with one attached hydrogen (secondary N) is 1. The molecule has 0 fully saturated rings. The number of rotatable bonds is 2. The second kappa shape index (κ2) is 4.22. The molecule has 0 heterocycles. The van der Waals surface area contributed by atoms with Crippen LogP contribution in [0.1, 0.15) is 5.56 Å². The number of alkyl halides is 3. The Morgan fingerprint density at radius 1 is 1.31 bits per heavy atom. The third kappa shape index (κ3) is 3.65. The number of hydrogen-bond acceptors (Lipinski definition) is 2. The first-order chi connectivity index (χ1) is 7.09. The topological polar surface area (TPSA) is 72.2 Å². The normalized spacial score (nSPS) is 12.6. The highest BCUT2D eigenvalue weighted by molar-refractivity contribution is 9.10. The van der Waals surface area contributed by atoms with E-state index >= 15 is 0 Å². The van der Waals surface area contributed by atoms with Gasteiger partial charge in [0.1, 0.15) is 0 Å². The van der Waals surface area contributed by atoms with E-state index in [0.29, 0.717) is 6.07 Å². The first-order valence-electron chi connectivity index (χ1n) is 3.77. The monoisotopic (exact) mass is 318 g/mol. The van der Waals surface area contributed by atoms with Crippen molar-refractivity contribution in [2.75, 3.05) is 4.72 Å². The molecule has 0 bridgehead atoms. The Kier molecular flexibility index (Phi) is 3.50. The molecule has 16 heavy (non-hydrogen) atoms. The van der Waals surface area contributed by atoms with Gasteiger partial charge in [0.25, 0.3) is 10.2 Å². The molecule has 1 rings (SSSR count). The smallest absolute Gasteiger partial charge is 0.271 e. The zero-order valence-electron chi connectivity index (χ0n) is 7.55. The van der Waals surface area contributed by atoms with Crippen molar-refractivity contribution >= 4 is 31.8 Å². The van der Waals surface area contributed by atoms with Gasteiger partial charge in [-0.05, 0) is 18.2 Å². The summed E-state index contributed by atoms with van der Waals surface area (Å²) in [5.41, 5.74) is -1.24. The first-order valence-corrected chi connectivity index (χ1v) is 6.11. The molecule has 0 aliphatic heterocycles. The molecule has 0 radical (unpaired) electrons. The van der Waals surface area contributed by atoms with Crippen LogP contribution in [-0.4, -0.2) is 8.42 Å². The second-order valence-corrected chi connectivity index (χ2v) is 4.99. The standard InChI is InChI=1S/C7H6BrF3N2O2S/c8-6-2-1-4(13-16(12,14)15)3-5(6)7(9,10)11/h1-3,13H,(H2,12,14,15). The lowest BCUT2D eigenvalue weighted by molar-refractivity contribution is -0.138. The highest BCUT2D eigenvalue weighted by Gasteiger charge is 2.33. The molecule has 0 unspecified atom stereocenters. The minimum atomic E-state index is -4.57. The number of hydrogen-bond donors (Lipinski definition) is 2. The Morgan fingerprint density at radius 3 is 2.31 bits per heavy atom. The summed E-state index contributed by atoms with van der Waals surface area (Å²) in [6.07, 6.45) is -4.57. The van der Waals surface area contributed by atoms with Gasteiger partial charge < -0.3 is 0 Å². The number of halogens is 4. The van der Waals surface area contributed by atoms with Gasteiger partial charge in [-0.25, -0.2) is 5.14 Å². The van der Waals surface area contributed by atoms with E-state index in [4.69, 9.17) is 0 Å². The van der Waals surface area contributed by atoms with Crippen molar-refractivity contribution < 1.29 is 21.6 Å². The SMILES string of the molecule is NS(=O)(=O)Nc1ccc(Br)c(C(F)(F)F)c1. The number of anilines is 1. The Bertz CT molecular complexity index is 501. The molecular formula is C7H6BrF3N2O2S. The molecule has 0 saturated carbocycles. The van der Waals surface area contributed by atoms with E-state index in [1.54, 1.807) is 4.72 Å². The summed E-state index contributed by atoms with van der Waals surface area (Å²) in [6, 6.07) is 2.88. The van der Waals surface area contributed by atoms with E-state index in [0.717, 1.165) is 12.1 Å². The molecule has 0 aliphatic carbocycles. The van der Waals surface area contributed by atoms with Gasteiger partial charge >= 0.3 is 6.18 Å². The van der Waals surface area contributed by atoms with E-state index in [9.17, 15) is 21.6 Å². The fourth-order valence-electron chi connectivity index (χ4n) is 0.970. The van der Waals surface area contributed by atoms with Crippen LogP contribution in [0.25, 0.3) is 0 Å². The Labute approximate surface area is 97.9 Å². The largest absolute Gasteiger partial charge is 0.417 e. The molecule has 0 aromatic heterocycles. The molecule has 0 atom stereocenters. The van der Waals surface area contributed by atoms with Crippen molar-refractivity contribution in [3.8, 4) is 0 Å². The van der Waals surface area contributed by atoms with Gasteiger partial charge in [0.2, 0.25) is 0 Å². The molecule has 1 aromatic carbocycles. The lowest BCUT2D eigenvalue weighted by Crippen LogP contribution is -2.22. The predicted molar refractivity (Wildman–Crippen MR) is 55.9 cm³/mol. The van der Waals surface area contributed by atoms with Crippen LogP contribution in [0.4, 0.5) is 18.9 Å². The quantitative estimate of drug-likeness (QED) is 0.876. The molecule has 0 amide bonds. The average molecular weight is 319 g/mol. The van der Waals surface area contributed by atoms with Crippen molar-refractivity contribution in [1.82, 2.24) is 0 Å². The fraction of sp³-hybridized carbons (Fsp3) is 0.143. The highest BCUT2D eigenvalue weighted by atomic mass is 79.9. The highest BCUT2D eigenvalue weighted by Crippen LogP contribution is 2.36. The van der Waals surface area contributed by atoms with Crippen molar-refractivity contribution in [2.24, 2.45) is 5.14 Å². The maximum atomic E-state index is 12.4. The van der Waals surface area contributed by atoms with Crippen LogP contribution >= 0.6 is 15.9 Å². The van der Waals surface area contributed by atoms with Crippen LogP contribution in [0, 0.1) is 0 Å². The summed E-state index contributed by atoms with van der Waals surface area (Å²) in [7, 11) is -4.08. The Balaban J connectivity index is 3.18. The van der Waals surface area contributed by atoms with Crippen LogP contribution < -0.4 is 9.86 Å². The fourth-order valence-corrected chi connectivity index (χ4v) is 1.90. The molecule has 4 nitrogen and oxygen atoms in total. The predicted octanol–water partition coefficient (Wildman–Crippen LogP) is 2.08. The van der Waals surface area contributed by atoms with Gasteiger partial charge in [0, 0.05) is 4.47 Å². The van der Waals surface area contributed by atoms with E-state index in [-0.39, 0.29) is 10.2 Å². The summed E-state index contributed by atoms with van der Waals surface area (Å²) >= 11 is 2.72. The van der Waals surface area contributed by atoms with E-state index in [1.807, 2.05) is 0 Å². The lowest BCUT2D eigenvalue weighted by atomic mass is 10.2. The number of benzene rings is 1. The Morgan fingerprint density at radius 2 is 1.88 bits per heavy atom. The van der Waals surface area contributed by atoms with Crippen LogP contribution in [-0.2, 0) is 16.4 Å². The van der Waals surface area contributed by atoms with E-state index in [2.05, 4.69) is 21.1 Å². The van der Waals surface area contributed by atoms with Crippen molar-refractivity contribution in [3.63, 3.8) is 0 Å². The molecule has 3 N–H and O–H groups in total. The zero-order valence-corrected chi connectivity index (χ0v) is 9.95. The third-order valence-corrected chi connectivity index (χ3v) is 2.74. The molecule has 0 spiro atoms. The molecule has 9 heteroatoms. The van der Waals surface area contributed by atoms with Crippen LogP contribution in [0.2, 0.25) is 0 Å². The van der Waals surface area contributed by atoms with Crippen molar-refractivity contribution in [3.05, 3.63) is 28.2 Å². The summed E-state index contributed by atoms with van der Waals surface area (Å²) in [5, 5.41) is 4.63. The minimum Gasteiger partial charge on any atom is -0.271 e. The Hall–Kier alpha value is -0.800. The molecule has 1 aromatic rings. The van der Waals surface area contributed by atoms with Crippen LogP contribution in [0.3, 0.4) is 0 Å². The summed E-state index contributed by atoms with van der Waals surface area (Å²) in [6.45, 7) is 0. The van der Waals surface area contributed by atoms with Crippen LogP contribution in [0.15, 0.2) is 22.7 Å². The zero-order chi connectivity index (χ0) is 12.6. The third-order valence-electron chi connectivity index (χ3n) is 1.53. The lowest BCUT2D eigenvalue weighted by Gasteiger charge is -2.11. The summed E-state index contributed by atoms with van der Waals surface area (Å²) < 4.78 is 60.1. The molecular weight excluding hydrogens is 313 g/mol. The van der Waals surface area contributed by atoms with E-state index < -0.39 is 21.9 Å². The molecule has 0 aliphatic rings. The first kappa shape index (κ1) is 13.3. The summed E-state index contributed by atoms with van der Waals surface area (Å²) in [5.74, 6) is 0. The van der Waals surface area contributed by atoms with Gasteiger partial charge in [-0.15, -0.1) is 0 Å². The maximum Gasteiger partial charge on any atom is 0.417 e. The number of nitrogens with two attached hydrogens (primary N) is 1. The van der Waals surface area contributed by atoms with Gasteiger partial charge in [-0.1, -0.05) is 15.9 Å². The van der Waals surface area contributed by atoms with Gasteiger partial charge in [-0.2, -0.15) is 21.6 Å². The molecule has 0 saturated heterocycles. The van der Waals surface area contributed by atoms with Crippen LogP contribution in [0.5, 0.6) is 0 Å². The van der Waals surface area contributed by atoms with Crippen molar-refractivity contribution in [1.29, 1.82) is 0 Å². The molecule has 90 valence electrons. The van der Waals surface area contributed by atoms with Gasteiger partial charge in [0.05, 0.1) is 11.3 Å². The maximum absolute atomic E-state index is 12.4. The van der Waals surface area contributed by atoms with E-state index in [1.165, 1.54) is 0 Å². The second-order valence-electron chi connectivity index (χ2n) is 2.84. The van der Waals surface area contributed by atoms with Gasteiger partial charge in [0.15, 0.2) is 0 Å². The van der Waals surface area contributed by atoms with Gasteiger partial charge in [-0.3, -0.25) is 4.72 Å². The summed E-state index contributed by atoms with van der Waals surface area (Å²) in [4.78, 5) is 0. The minimum absolute atomic E-state index is 0.181.